The van der Waals surface area contributed by atoms with Crippen molar-refractivity contribution in [2.45, 2.75) is 37.7 Å². The topological polar surface area (TPSA) is 79.9 Å². The second-order valence-electron chi connectivity index (χ2n) is 8.76. The van der Waals surface area contributed by atoms with Crippen molar-refractivity contribution in [2.75, 3.05) is 14.2 Å². The van der Waals surface area contributed by atoms with Gasteiger partial charge in [0.15, 0.2) is 0 Å². The van der Waals surface area contributed by atoms with Gasteiger partial charge in [-0.2, -0.15) is 0 Å². The van der Waals surface area contributed by atoms with E-state index in [-0.39, 0.29) is 17.8 Å². The van der Waals surface area contributed by atoms with E-state index in [2.05, 4.69) is 15.3 Å². The summed E-state index contributed by atoms with van der Waals surface area (Å²) in [7, 11) is 3.34. The molecule has 1 aliphatic rings. The molecule has 0 spiro atoms. The van der Waals surface area contributed by atoms with Gasteiger partial charge in [0.2, 0.25) is 0 Å². The van der Waals surface area contributed by atoms with Crippen LogP contribution in [0.15, 0.2) is 48.7 Å². The lowest BCUT2D eigenvalue weighted by Gasteiger charge is -2.33. The Balaban J connectivity index is 1.35. The fourth-order valence-electron chi connectivity index (χ4n) is 5.21. The fraction of sp³-hybridized carbons (Fsp3) is 0.346. The highest BCUT2D eigenvalue weighted by molar-refractivity contribution is 5.97. The van der Waals surface area contributed by atoms with Gasteiger partial charge in [0.05, 0.1) is 16.6 Å². The van der Waals surface area contributed by atoms with Crippen molar-refractivity contribution < 1.29 is 13.9 Å². The maximum absolute atomic E-state index is 13.9. The van der Waals surface area contributed by atoms with Crippen LogP contribution in [0.2, 0.25) is 0 Å². The fourth-order valence-corrected chi connectivity index (χ4v) is 5.21. The standard InChI is InChI=1S/C26H27FN4O2/c1-28-26(32)17-7-9-22-23(13-17)31-25(30-22)24(33-2)16-5-3-15(4-6-16)19-11-12-29-21-10-8-18(27)14-20(19)21/h7-16,24H,3-6H2,1-2H3,(H,28,32)(H,30,31). The smallest absolute Gasteiger partial charge is 0.251 e. The number of carbonyl (C=O) groups excluding carboxylic acids is 1. The molecule has 33 heavy (non-hydrogen) atoms. The third-order valence-corrected chi connectivity index (χ3v) is 6.89. The summed E-state index contributed by atoms with van der Waals surface area (Å²) in [5.74, 6) is 1.14. The molecule has 7 heteroatoms. The number of fused-ring (bicyclic) bond motifs is 2. The van der Waals surface area contributed by atoms with Gasteiger partial charge < -0.3 is 15.0 Å². The Labute approximate surface area is 191 Å². The highest BCUT2D eigenvalue weighted by Gasteiger charge is 2.31. The number of carbonyl (C=O) groups is 1. The van der Waals surface area contributed by atoms with Crippen molar-refractivity contribution in [3.05, 3.63) is 71.4 Å². The lowest BCUT2D eigenvalue weighted by Crippen LogP contribution is -2.22. The average molecular weight is 447 g/mol. The van der Waals surface area contributed by atoms with Crippen molar-refractivity contribution in [1.29, 1.82) is 0 Å². The molecule has 1 atom stereocenters. The minimum Gasteiger partial charge on any atom is -0.373 e. The first-order valence-corrected chi connectivity index (χ1v) is 11.4. The van der Waals surface area contributed by atoms with E-state index in [1.165, 1.54) is 11.6 Å². The van der Waals surface area contributed by atoms with E-state index in [1.807, 2.05) is 24.4 Å². The first-order valence-electron chi connectivity index (χ1n) is 11.4. The number of H-pyrrole nitrogens is 1. The first-order chi connectivity index (χ1) is 16.1. The van der Waals surface area contributed by atoms with Crippen LogP contribution in [0.5, 0.6) is 0 Å². The molecule has 4 aromatic rings. The summed E-state index contributed by atoms with van der Waals surface area (Å²) >= 11 is 0. The van der Waals surface area contributed by atoms with E-state index in [0.717, 1.165) is 53.4 Å². The number of imidazole rings is 1. The van der Waals surface area contributed by atoms with E-state index in [1.54, 1.807) is 32.4 Å². The molecular formula is C26H27FN4O2. The minimum absolute atomic E-state index is 0.127. The highest BCUT2D eigenvalue weighted by Crippen LogP contribution is 2.43. The van der Waals surface area contributed by atoms with Crippen LogP contribution in [0, 0.1) is 11.7 Å². The number of halogens is 1. The quantitative estimate of drug-likeness (QED) is 0.438. The van der Waals surface area contributed by atoms with Gasteiger partial charge in [-0.3, -0.25) is 9.78 Å². The lowest BCUT2D eigenvalue weighted by molar-refractivity contribution is 0.0274. The largest absolute Gasteiger partial charge is 0.373 e. The van der Waals surface area contributed by atoms with E-state index in [9.17, 15) is 9.18 Å². The first kappa shape index (κ1) is 21.5. The van der Waals surface area contributed by atoms with Crippen LogP contribution in [0.25, 0.3) is 21.9 Å². The summed E-state index contributed by atoms with van der Waals surface area (Å²) in [4.78, 5) is 24.5. The monoisotopic (exact) mass is 446 g/mol. The summed E-state index contributed by atoms with van der Waals surface area (Å²) in [5.41, 5.74) is 4.25. The van der Waals surface area contributed by atoms with Crippen molar-refractivity contribution in [3.63, 3.8) is 0 Å². The van der Waals surface area contributed by atoms with Crippen LogP contribution in [0.1, 0.15) is 59.5 Å². The van der Waals surface area contributed by atoms with E-state index >= 15 is 0 Å². The van der Waals surface area contributed by atoms with Gasteiger partial charge in [0.1, 0.15) is 17.7 Å². The highest BCUT2D eigenvalue weighted by atomic mass is 19.1. The summed E-state index contributed by atoms with van der Waals surface area (Å²) in [6.45, 7) is 0. The second-order valence-corrected chi connectivity index (χ2v) is 8.76. The van der Waals surface area contributed by atoms with Gasteiger partial charge in [0.25, 0.3) is 5.91 Å². The molecule has 2 N–H and O–H groups in total. The molecule has 0 bridgehead atoms. The van der Waals surface area contributed by atoms with Gasteiger partial charge in [0, 0.05) is 31.3 Å². The van der Waals surface area contributed by atoms with Gasteiger partial charge in [-0.1, -0.05) is 0 Å². The van der Waals surface area contributed by atoms with E-state index in [4.69, 9.17) is 9.72 Å². The van der Waals surface area contributed by atoms with Crippen molar-refractivity contribution in [1.82, 2.24) is 20.3 Å². The molecule has 170 valence electrons. The van der Waals surface area contributed by atoms with Crippen LogP contribution in [0.3, 0.4) is 0 Å². The molecule has 0 aliphatic heterocycles. The Morgan fingerprint density at radius 2 is 1.91 bits per heavy atom. The number of nitrogens with one attached hydrogen (secondary N) is 2. The Morgan fingerprint density at radius 3 is 2.67 bits per heavy atom. The number of rotatable bonds is 5. The summed E-state index contributed by atoms with van der Waals surface area (Å²) < 4.78 is 19.8. The molecule has 0 radical (unpaired) electrons. The molecule has 1 saturated carbocycles. The minimum atomic E-state index is -0.227. The van der Waals surface area contributed by atoms with E-state index < -0.39 is 0 Å². The molecule has 1 unspecified atom stereocenters. The summed E-state index contributed by atoms with van der Waals surface area (Å²) in [5, 5.41) is 3.56. The summed E-state index contributed by atoms with van der Waals surface area (Å²) in [6, 6.07) is 12.3. The molecular weight excluding hydrogens is 419 g/mol. The Morgan fingerprint density at radius 1 is 1.12 bits per heavy atom. The number of methoxy groups -OCH3 is 1. The van der Waals surface area contributed by atoms with E-state index in [0.29, 0.717) is 17.4 Å². The molecule has 2 heterocycles. The maximum atomic E-state index is 13.9. The number of aromatic amines is 1. The Kier molecular flexibility index (Phi) is 5.81. The van der Waals surface area contributed by atoms with Crippen LogP contribution >= 0.6 is 0 Å². The zero-order valence-electron chi connectivity index (χ0n) is 18.8. The molecule has 1 amide bonds. The molecule has 5 rings (SSSR count). The molecule has 2 aromatic heterocycles. The predicted octanol–water partition coefficient (Wildman–Crippen LogP) is 5.27. The van der Waals surface area contributed by atoms with Crippen molar-refractivity contribution >= 4 is 27.8 Å². The third kappa shape index (κ3) is 4.09. The number of ether oxygens (including phenoxy) is 1. The number of aromatic nitrogens is 3. The Hall–Kier alpha value is -3.32. The SMILES string of the molecule is CNC(=O)c1ccc2nc(C(OC)C3CCC(c4ccnc5ccc(F)cc45)CC3)[nH]c2c1. The second kappa shape index (κ2) is 8.90. The zero-order valence-corrected chi connectivity index (χ0v) is 18.8. The van der Waals surface area contributed by atoms with Crippen LogP contribution in [-0.4, -0.2) is 35.0 Å². The van der Waals surface area contributed by atoms with Crippen molar-refractivity contribution in [3.8, 4) is 0 Å². The molecule has 1 fully saturated rings. The number of hydrogen-bond donors (Lipinski definition) is 2. The van der Waals surface area contributed by atoms with Gasteiger partial charge in [-0.05, 0) is 85.5 Å². The molecule has 1 aliphatic carbocycles. The van der Waals surface area contributed by atoms with Gasteiger partial charge >= 0.3 is 0 Å². The number of pyridine rings is 1. The zero-order chi connectivity index (χ0) is 22.9. The van der Waals surface area contributed by atoms with Crippen molar-refractivity contribution in [2.24, 2.45) is 5.92 Å². The van der Waals surface area contributed by atoms with Crippen LogP contribution in [0.4, 0.5) is 4.39 Å². The van der Waals surface area contributed by atoms with Crippen LogP contribution < -0.4 is 5.32 Å². The van der Waals surface area contributed by atoms with Gasteiger partial charge in [-0.15, -0.1) is 0 Å². The number of nitrogens with zero attached hydrogens (tertiary/aromatic N) is 2. The molecule has 2 aromatic carbocycles. The number of amides is 1. The maximum Gasteiger partial charge on any atom is 0.251 e. The number of hydrogen-bond acceptors (Lipinski definition) is 4. The lowest BCUT2D eigenvalue weighted by atomic mass is 9.76. The number of benzene rings is 2. The summed E-state index contributed by atoms with van der Waals surface area (Å²) in [6.07, 6.45) is 5.66. The molecule has 0 saturated heterocycles. The Bertz CT molecular complexity index is 1310. The normalized spacial score (nSPS) is 19.6. The van der Waals surface area contributed by atoms with Crippen LogP contribution in [-0.2, 0) is 4.74 Å². The average Bonchev–Trinajstić information content (AvgIpc) is 3.27. The third-order valence-electron chi connectivity index (χ3n) is 6.89. The predicted molar refractivity (Wildman–Crippen MR) is 126 cm³/mol. The molecule has 6 nitrogen and oxygen atoms in total. The van der Waals surface area contributed by atoms with Gasteiger partial charge in [-0.25, -0.2) is 9.37 Å².